The van der Waals surface area contributed by atoms with Crippen LogP contribution < -0.4 is 14.8 Å². The molecule has 6 rings (SSSR count). The number of fused-ring (bicyclic) bond motifs is 2. The first-order valence-corrected chi connectivity index (χ1v) is 17.0. The molecule has 5 aromatic rings. The van der Waals surface area contributed by atoms with Crippen LogP contribution in [0.25, 0.3) is 0 Å². The molecular weight excluding hydrogens is 583 g/mol. The van der Waals surface area contributed by atoms with Gasteiger partial charge in [0.05, 0.1) is 18.6 Å². The summed E-state index contributed by atoms with van der Waals surface area (Å²) in [4.78, 5) is 13.7. The van der Waals surface area contributed by atoms with Crippen LogP contribution in [0.4, 0.5) is 0 Å². The van der Waals surface area contributed by atoms with Crippen molar-refractivity contribution >= 4 is 18.5 Å². The lowest BCUT2D eigenvalue weighted by Crippen LogP contribution is -2.38. The van der Waals surface area contributed by atoms with E-state index in [0.29, 0.717) is 35.4 Å². The highest BCUT2D eigenvalue weighted by Crippen LogP contribution is 2.51. The molecule has 1 atom stereocenters. The summed E-state index contributed by atoms with van der Waals surface area (Å²) in [5.41, 5.74) is 4.43. The molecule has 1 unspecified atom stereocenters. The van der Waals surface area contributed by atoms with E-state index in [1.54, 1.807) is 13.8 Å². The predicted octanol–water partition coefficient (Wildman–Crippen LogP) is 7.27. The Morgan fingerprint density at radius 2 is 1.04 bits per heavy atom. The second-order valence-electron chi connectivity index (χ2n) is 10.9. The van der Waals surface area contributed by atoms with Crippen LogP contribution in [0, 0.1) is 0 Å². The van der Waals surface area contributed by atoms with Crippen LogP contribution in [-0.2, 0) is 19.2 Å². The van der Waals surface area contributed by atoms with Crippen LogP contribution in [0.2, 0.25) is 0 Å². The molecule has 0 N–H and O–H groups in total. The smallest absolute Gasteiger partial charge is 0.229 e. The molecule has 1 aliphatic rings. The average molecular weight is 619 g/mol. The first-order chi connectivity index (χ1) is 21.9. The van der Waals surface area contributed by atoms with E-state index >= 15 is 0 Å². The topological polar surface area (TPSA) is 71.1 Å². The van der Waals surface area contributed by atoms with Crippen molar-refractivity contribution in [2.24, 2.45) is 0 Å². The quantitative estimate of drug-likeness (QED) is 0.106. The number of ether oxygens (including phenoxy) is 3. The van der Waals surface area contributed by atoms with Crippen LogP contribution in [0.1, 0.15) is 38.2 Å². The second kappa shape index (κ2) is 13.3. The van der Waals surface area contributed by atoms with E-state index in [-0.39, 0.29) is 19.0 Å². The maximum atomic E-state index is 13.7. The summed E-state index contributed by atoms with van der Waals surface area (Å²) >= 11 is 0. The van der Waals surface area contributed by atoms with Gasteiger partial charge in [-0.1, -0.05) is 91.0 Å². The van der Waals surface area contributed by atoms with Gasteiger partial charge >= 0.3 is 0 Å². The monoisotopic (exact) mass is 618 g/mol. The average Bonchev–Trinajstić information content (AvgIpc) is 3.09. The van der Waals surface area contributed by atoms with Crippen molar-refractivity contribution in [3.63, 3.8) is 0 Å². The molecule has 45 heavy (non-hydrogen) atoms. The molecule has 0 amide bonds. The first kappa shape index (κ1) is 30.5. The van der Waals surface area contributed by atoms with E-state index in [9.17, 15) is 9.36 Å². The minimum atomic E-state index is -2.94. The normalized spacial score (nSPS) is 14.6. The molecule has 0 fully saturated rings. The number of hydrogen-bond acceptors (Lipinski definition) is 6. The number of benzene rings is 5. The van der Waals surface area contributed by atoms with Crippen molar-refractivity contribution in [1.29, 1.82) is 0 Å². The summed E-state index contributed by atoms with van der Waals surface area (Å²) in [6.07, 6.45) is 0. The van der Waals surface area contributed by atoms with E-state index in [4.69, 9.17) is 18.7 Å². The van der Waals surface area contributed by atoms with Crippen LogP contribution in [0.15, 0.2) is 127 Å². The fourth-order valence-corrected chi connectivity index (χ4v) is 7.37. The number of hydrogen-bond donors (Lipinski definition) is 0. The van der Waals surface area contributed by atoms with E-state index < -0.39 is 12.8 Å². The highest BCUT2D eigenvalue weighted by Gasteiger charge is 2.46. The maximum absolute atomic E-state index is 13.7. The highest BCUT2D eigenvalue weighted by molar-refractivity contribution is 7.66. The number of rotatable bonds is 12. The Bertz CT molecular complexity index is 1770. The fraction of sp³-hybridized carbons (Fsp3) is 0.184. The summed E-state index contributed by atoms with van der Waals surface area (Å²) in [5.74, 6) is 1.42. The molecule has 0 bridgehead atoms. The summed E-state index contributed by atoms with van der Waals surface area (Å²) in [6.45, 7) is 3.02. The third-order valence-electron chi connectivity index (χ3n) is 8.20. The number of carbonyl (C=O) groups excluding carboxylic acids is 1. The van der Waals surface area contributed by atoms with Crippen molar-refractivity contribution in [1.82, 2.24) is 0 Å². The number of methoxy groups -OCH3 is 1. The Hall–Kier alpha value is -4.48. The number of ketones is 1. The van der Waals surface area contributed by atoms with Gasteiger partial charge < -0.3 is 18.7 Å². The van der Waals surface area contributed by atoms with Crippen LogP contribution in [0.5, 0.6) is 11.5 Å². The number of carbonyl (C=O) groups is 1. The Morgan fingerprint density at radius 1 is 0.578 bits per heavy atom. The van der Waals surface area contributed by atoms with Gasteiger partial charge in [-0.3, -0.25) is 9.36 Å². The van der Waals surface area contributed by atoms with Crippen LogP contribution in [-0.4, -0.2) is 46.0 Å². The molecule has 0 radical (unpaired) electrons. The lowest BCUT2D eigenvalue weighted by Gasteiger charge is -2.41. The largest absolute Gasteiger partial charge is 0.491 e. The molecule has 0 heterocycles. The van der Waals surface area contributed by atoms with Crippen LogP contribution in [0.3, 0.4) is 0 Å². The fourth-order valence-electron chi connectivity index (χ4n) is 6.08. The minimum Gasteiger partial charge on any atom is -0.491 e. The Kier molecular flexibility index (Phi) is 8.99. The third-order valence-corrected chi connectivity index (χ3v) is 10.1. The molecular formula is C38H35O6P. The van der Waals surface area contributed by atoms with E-state index in [0.717, 1.165) is 28.0 Å². The molecule has 228 valence electrons. The van der Waals surface area contributed by atoms with Crippen molar-refractivity contribution in [3.05, 3.63) is 161 Å². The van der Waals surface area contributed by atoms with Crippen molar-refractivity contribution in [2.45, 2.75) is 5.41 Å². The Morgan fingerprint density at radius 3 is 1.56 bits per heavy atom. The zero-order valence-electron chi connectivity index (χ0n) is 25.3. The van der Waals surface area contributed by atoms with Gasteiger partial charge in [0.25, 0.3) is 0 Å². The molecule has 1 aliphatic carbocycles. The molecule has 6 nitrogen and oxygen atoms in total. The van der Waals surface area contributed by atoms with Gasteiger partial charge in [0.15, 0.2) is 5.78 Å². The summed E-state index contributed by atoms with van der Waals surface area (Å²) in [5, 5.41) is 0.681. The standard InChI is InChI=1S/C38H35O6P/c1-41-24-25-42-30-20-16-28(17-21-30)38(35-14-8-6-12-33(35)37(39)34-13-7-9-15-36(34)38)29-18-22-31(23-19-29)43-26-27-44-45(2,40)32-10-4-3-5-11-32/h3-23H,24-27H2,1-2H3. The molecule has 0 saturated heterocycles. The summed E-state index contributed by atoms with van der Waals surface area (Å²) in [7, 11) is -1.29. The third kappa shape index (κ3) is 5.97. The van der Waals surface area contributed by atoms with Gasteiger partial charge in [-0.05, 0) is 58.7 Å². The van der Waals surface area contributed by atoms with Crippen molar-refractivity contribution in [3.8, 4) is 11.5 Å². The van der Waals surface area contributed by atoms with E-state index in [1.165, 1.54) is 0 Å². The summed E-state index contributed by atoms with van der Waals surface area (Å²) in [6, 6.07) is 41.0. The molecule has 7 heteroatoms. The zero-order valence-corrected chi connectivity index (χ0v) is 26.2. The van der Waals surface area contributed by atoms with Gasteiger partial charge in [-0.2, -0.15) is 0 Å². The maximum Gasteiger partial charge on any atom is 0.229 e. The van der Waals surface area contributed by atoms with Crippen LogP contribution >= 0.6 is 7.37 Å². The predicted molar refractivity (Wildman–Crippen MR) is 177 cm³/mol. The van der Waals surface area contributed by atoms with Crippen molar-refractivity contribution in [2.75, 3.05) is 40.2 Å². The lowest BCUT2D eigenvalue weighted by molar-refractivity contribution is 0.103. The second-order valence-corrected chi connectivity index (χ2v) is 13.4. The van der Waals surface area contributed by atoms with Gasteiger partial charge in [-0.25, -0.2) is 0 Å². The molecule has 0 spiro atoms. The molecule has 0 aliphatic heterocycles. The SMILES string of the molecule is COCCOc1ccc(C2(c3ccc(OCCOP(C)(=O)c4ccccc4)cc3)c3ccccc3C(=O)c3ccccc32)cc1. The van der Waals surface area contributed by atoms with E-state index in [2.05, 4.69) is 24.3 Å². The van der Waals surface area contributed by atoms with E-state index in [1.807, 2.05) is 103 Å². The first-order valence-electron chi connectivity index (χ1n) is 14.9. The van der Waals surface area contributed by atoms with Gasteiger partial charge in [0, 0.05) is 30.2 Å². The molecule has 0 aromatic heterocycles. The van der Waals surface area contributed by atoms with Crippen molar-refractivity contribution < 1.29 is 28.1 Å². The Labute approximate surface area is 264 Å². The Balaban J connectivity index is 1.34. The van der Waals surface area contributed by atoms with Gasteiger partial charge in [-0.15, -0.1) is 0 Å². The van der Waals surface area contributed by atoms with Gasteiger partial charge in [0.1, 0.15) is 24.7 Å². The lowest BCUT2D eigenvalue weighted by atomic mass is 9.59. The molecule has 5 aromatic carbocycles. The molecule has 0 saturated carbocycles. The van der Waals surface area contributed by atoms with Gasteiger partial charge in [0.2, 0.25) is 7.37 Å². The zero-order chi connectivity index (χ0) is 31.3. The summed E-state index contributed by atoms with van der Waals surface area (Å²) < 4.78 is 35.8. The highest BCUT2D eigenvalue weighted by atomic mass is 31.2. The minimum absolute atomic E-state index is 0.0139.